The summed E-state index contributed by atoms with van der Waals surface area (Å²) in [7, 11) is 0. The van der Waals surface area contributed by atoms with Crippen LogP contribution in [-0.4, -0.2) is 6.04 Å². The van der Waals surface area contributed by atoms with Crippen LogP contribution in [0.2, 0.25) is 0 Å². The molecule has 1 nitrogen and oxygen atoms in total. The van der Waals surface area contributed by atoms with E-state index >= 15 is 0 Å². The van der Waals surface area contributed by atoms with Crippen molar-refractivity contribution in [3.8, 4) is 0 Å². The molecule has 0 aliphatic heterocycles. The van der Waals surface area contributed by atoms with Crippen LogP contribution < -0.4 is 5.73 Å². The lowest BCUT2D eigenvalue weighted by molar-refractivity contribution is 0.220. The van der Waals surface area contributed by atoms with E-state index in [1.54, 1.807) is 0 Å². The summed E-state index contributed by atoms with van der Waals surface area (Å²) in [6, 6.07) is 0.447. The molecule has 2 N–H and O–H groups in total. The number of nitrogens with two attached hydrogens (primary N) is 1. The highest BCUT2D eigenvalue weighted by molar-refractivity contribution is 4.74. The standard InChI is InChI=1S/C26H55N/c1-5-25(27)23-21-19-17-15-13-11-9-10-12-14-16-18-20-22-24-26(6-2,7-3)8-4/h25H,5-24,27H2,1-4H3. The molecule has 27 heavy (non-hydrogen) atoms. The quantitative estimate of drug-likeness (QED) is 0.197. The van der Waals surface area contributed by atoms with Gasteiger partial charge < -0.3 is 5.73 Å². The van der Waals surface area contributed by atoms with Gasteiger partial charge in [0.1, 0.15) is 0 Å². The summed E-state index contributed by atoms with van der Waals surface area (Å²) in [6.07, 6.45) is 28.2. The second kappa shape index (κ2) is 19.3. The third-order valence-electron chi connectivity index (χ3n) is 7.31. The number of unbranched alkanes of at least 4 members (excludes halogenated alkanes) is 13. The Morgan fingerprint density at radius 3 is 1.19 bits per heavy atom. The van der Waals surface area contributed by atoms with Crippen LogP contribution in [0.15, 0.2) is 0 Å². The Hall–Kier alpha value is -0.0400. The molecule has 0 heterocycles. The Bertz CT molecular complexity index is 274. The molecule has 0 aromatic carbocycles. The number of hydrogen-bond acceptors (Lipinski definition) is 1. The normalized spacial score (nSPS) is 13.2. The highest BCUT2D eigenvalue weighted by Crippen LogP contribution is 2.36. The molecule has 1 heteroatoms. The molecule has 0 fully saturated rings. The van der Waals surface area contributed by atoms with Gasteiger partial charge in [0.05, 0.1) is 0 Å². The Morgan fingerprint density at radius 2 is 0.852 bits per heavy atom. The maximum atomic E-state index is 5.96. The van der Waals surface area contributed by atoms with Gasteiger partial charge in [-0.1, -0.05) is 137 Å². The summed E-state index contributed by atoms with van der Waals surface area (Å²) in [5, 5.41) is 0. The van der Waals surface area contributed by atoms with Crippen LogP contribution in [0.25, 0.3) is 0 Å². The van der Waals surface area contributed by atoms with Gasteiger partial charge in [-0.05, 0) is 24.7 Å². The van der Waals surface area contributed by atoms with Crippen LogP contribution in [0.3, 0.4) is 0 Å². The van der Waals surface area contributed by atoms with E-state index in [0.717, 1.165) is 6.42 Å². The molecular weight excluding hydrogens is 326 g/mol. The zero-order valence-corrected chi connectivity index (χ0v) is 19.8. The number of hydrogen-bond donors (Lipinski definition) is 1. The molecule has 0 saturated carbocycles. The summed E-state index contributed by atoms with van der Waals surface area (Å²) >= 11 is 0. The van der Waals surface area contributed by atoms with Gasteiger partial charge in [0.25, 0.3) is 0 Å². The van der Waals surface area contributed by atoms with Crippen LogP contribution in [0, 0.1) is 5.41 Å². The first kappa shape index (κ1) is 27.0. The molecule has 0 aromatic rings. The average molecular weight is 382 g/mol. The fourth-order valence-corrected chi connectivity index (χ4v) is 4.51. The van der Waals surface area contributed by atoms with Gasteiger partial charge in [0.2, 0.25) is 0 Å². The first-order valence-corrected chi connectivity index (χ1v) is 12.9. The van der Waals surface area contributed by atoms with Crippen molar-refractivity contribution in [2.24, 2.45) is 11.1 Å². The van der Waals surface area contributed by atoms with Crippen molar-refractivity contribution >= 4 is 0 Å². The Balaban J connectivity index is 3.23. The molecule has 0 rings (SSSR count). The predicted molar refractivity (Wildman–Crippen MR) is 125 cm³/mol. The fourth-order valence-electron chi connectivity index (χ4n) is 4.51. The van der Waals surface area contributed by atoms with Crippen LogP contribution in [-0.2, 0) is 0 Å². The van der Waals surface area contributed by atoms with E-state index in [9.17, 15) is 0 Å². The van der Waals surface area contributed by atoms with Crippen molar-refractivity contribution in [1.82, 2.24) is 0 Å². The highest BCUT2D eigenvalue weighted by Gasteiger charge is 2.22. The van der Waals surface area contributed by atoms with E-state index in [4.69, 9.17) is 5.73 Å². The largest absolute Gasteiger partial charge is 0.328 e. The zero-order chi connectivity index (χ0) is 20.2. The molecule has 0 aliphatic rings. The SMILES string of the molecule is CCC(N)CCCCCCCCCCCCCCCCC(CC)(CC)CC. The summed E-state index contributed by atoms with van der Waals surface area (Å²) in [4.78, 5) is 0. The Labute approximate surface area is 173 Å². The third-order valence-corrected chi connectivity index (χ3v) is 7.31. The molecule has 1 unspecified atom stereocenters. The van der Waals surface area contributed by atoms with Crippen LogP contribution >= 0.6 is 0 Å². The van der Waals surface area contributed by atoms with E-state index in [1.807, 2.05) is 0 Å². The van der Waals surface area contributed by atoms with Gasteiger partial charge in [-0.3, -0.25) is 0 Å². The molecule has 0 saturated heterocycles. The van der Waals surface area contributed by atoms with Crippen molar-refractivity contribution in [2.45, 2.75) is 162 Å². The minimum atomic E-state index is 0.447. The smallest absolute Gasteiger partial charge is 0.00362 e. The van der Waals surface area contributed by atoms with Crippen LogP contribution in [0.5, 0.6) is 0 Å². The lowest BCUT2D eigenvalue weighted by Gasteiger charge is -2.30. The van der Waals surface area contributed by atoms with Gasteiger partial charge in [-0.25, -0.2) is 0 Å². The Kier molecular flexibility index (Phi) is 19.3. The zero-order valence-electron chi connectivity index (χ0n) is 19.8. The first-order valence-electron chi connectivity index (χ1n) is 12.9. The highest BCUT2D eigenvalue weighted by atomic mass is 14.6. The molecule has 0 bridgehead atoms. The number of rotatable bonds is 21. The third kappa shape index (κ3) is 15.5. The second-order valence-corrected chi connectivity index (χ2v) is 9.22. The Morgan fingerprint density at radius 1 is 0.519 bits per heavy atom. The topological polar surface area (TPSA) is 26.0 Å². The molecule has 0 aliphatic carbocycles. The average Bonchev–Trinajstić information content (AvgIpc) is 2.70. The molecular formula is C26H55N. The van der Waals surface area contributed by atoms with E-state index in [2.05, 4.69) is 27.7 Å². The lowest BCUT2D eigenvalue weighted by Crippen LogP contribution is -2.17. The van der Waals surface area contributed by atoms with E-state index < -0.39 is 0 Å². The first-order chi connectivity index (χ1) is 13.1. The van der Waals surface area contributed by atoms with Crippen molar-refractivity contribution in [2.75, 3.05) is 0 Å². The fraction of sp³-hybridized carbons (Fsp3) is 1.00. The maximum absolute atomic E-state index is 5.96. The molecule has 164 valence electrons. The summed E-state index contributed by atoms with van der Waals surface area (Å²) in [5.74, 6) is 0. The molecule has 0 spiro atoms. The minimum Gasteiger partial charge on any atom is -0.328 e. The van der Waals surface area contributed by atoms with E-state index in [-0.39, 0.29) is 0 Å². The van der Waals surface area contributed by atoms with Gasteiger partial charge in [-0.15, -0.1) is 0 Å². The van der Waals surface area contributed by atoms with Gasteiger partial charge in [0.15, 0.2) is 0 Å². The van der Waals surface area contributed by atoms with Gasteiger partial charge in [0, 0.05) is 6.04 Å². The van der Waals surface area contributed by atoms with Crippen LogP contribution in [0.1, 0.15) is 156 Å². The summed E-state index contributed by atoms with van der Waals surface area (Å²) in [6.45, 7) is 9.35. The molecule has 1 atom stereocenters. The van der Waals surface area contributed by atoms with Gasteiger partial charge >= 0.3 is 0 Å². The van der Waals surface area contributed by atoms with Crippen LogP contribution in [0.4, 0.5) is 0 Å². The summed E-state index contributed by atoms with van der Waals surface area (Å²) in [5.41, 5.74) is 6.62. The lowest BCUT2D eigenvalue weighted by atomic mass is 9.75. The van der Waals surface area contributed by atoms with Crippen molar-refractivity contribution < 1.29 is 0 Å². The van der Waals surface area contributed by atoms with E-state index in [0.29, 0.717) is 11.5 Å². The molecule has 0 radical (unpaired) electrons. The van der Waals surface area contributed by atoms with Gasteiger partial charge in [-0.2, -0.15) is 0 Å². The molecule has 0 aromatic heterocycles. The molecule has 0 amide bonds. The summed E-state index contributed by atoms with van der Waals surface area (Å²) < 4.78 is 0. The maximum Gasteiger partial charge on any atom is 0.00362 e. The van der Waals surface area contributed by atoms with Crippen molar-refractivity contribution in [3.05, 3.63) is 0 Å². The minimum absolute atomic E-state index is 0.447. The predicted octanol–water partition coefficient (Wildman–Crippen LogP) is 9.18. The van der Waals surface area contributed by atoms with Crippen molar-refractivity contribution in [3.63, 3.8) is 0 Å². The monoisotopic (exact) mass is 381 g/mol. The van der Waals surface area contributed by atoms with Crippen molar-refractivity contribution in [1.29, 1.82) is 0 Å². The second-order valence-electron chi connectivity index (χ2n) is 9.22. The van der Waals surface area contributed by atoms with E-state index in [1.165, 1.54) is 122 Å².